The molecule has 2 aliphatic rings. The Kier molecular flexibility index (Phi) is 5.02. The molecule has 1 atom stereocenters. The average molecular weight is 288 g/mol. The molecule has 1 aliphatic heterocycles. The summed E-state index contributed by atoms with van der Waals surface area (Å²) in [7, 11) is 0. The first-order valence-corrected chi connectivity index (χ1v) is 8.57. The van der Waals surface area contributed by atoms with Crippen molar-refractivity contribution in [2.75, 3.05) is 24.6 Å². The fraction of sp³-hybridized carbons (Fsp3) is 0.667. The average Bonchev–Trinajstić information content (AvgIpc) is 2.76. The van der Waals surface area contributed by atoms with Crippen LogP contribution >= 0.6 is 0 Å². The number of anilines is 1. The molecule has 0 bridgehead atoms. The highest BCUT2D eigenvalue weighted by molar-refractivity contribution is 5.59. The first-order chi connectivity index (χ1) is 10.4. The first-order valence-electron chi connectivity index (χ1n) is 8.57. The Morgan fingerprint density at radius 1 is 1.14 bits per heavy atom. The van der Waals surface area contributed by atoms with E-state index in [9.17, 15) is 0 Å². The second-order valence-corrected chi connectivity index (χ2v) is 6.49. The predicted molar refractivity (Wildman–Crippen MR) is 87.9 cm³/mol. The quantitative estimate of drug-likeness (QED) is 0.920. The molecule has 21 heavy (non-hydrogen) atoms. The van der Waals surface area contributed by atoms with Crippen LogP contribution in [0.5, 0.6) is 5.75 Å². The zero-order valence-corrected chi connectivity index (χ0v) is 13.0. The number of para-hydroxylation sites is 2. The summed E-state index contributed by atoms with van der Waals surface area (Å²) in [4.78, 5) is 2.51. The van der Waals surface area contributed by atoms with Crippen LogP contribution in [-0.4, -0.2) is 25.7 Å². The molecule has 0 spiro atoms. The molecule has 1 aromatic rings. The molecule has 3 heteroatoms. The third-order valence-corrected chi connectivity index (χ3v) is 5.02. The number of hydrogen-bond donors (Lipinski definition) is 1. The fourth-order valence-corrected chi connectivity index (χ4v) is 3.89. The number of benzene rings is 1. The van der Waals surface area contributed by atoms with Gasteiger partial charge in [0.1, 0.15) is 5.75 Å². The highest BCUT2D eigenvalue weighted by atomic mass is 16.5. The Morgan fingerprint density at radius 3 is 2.76 bits per heavy atom. The van der Waals surface area contributed by atoms with Crippen molar-refractivity contribution in [3.05, 3.63) is 24.3 Å². The van der Waals surface area contributed by atoms with Crippen molar-refractivity contribution in [3.8, 4) is 5.75 Å². The molecule has 1 unspecified atom stereocenters. The van der Waals surface area contributed by atoms with Crippen LogP contribution < -0.4 is 15.4 Å². The van der Waals surface area contributed by atoms with Crippen LogP contribution in [0.25, 0.3) is 0 Å². The lowest BCUT2D eigenvalue weighted by molar-refractivity contribution is 0.310. The minimum atomic E-state index is 0.455. The molecule has 0 saturated heterocycles. The van der Waals surface area contributed by atoms with Crippen molar-refractivity contribution in [1.29, 1.82) is 0 Å². The van der Waals surface area contributed by atoms with Crippen molar-refractivity contribution in [2.24, 2.45) is 11.7 Å². The molecule has 0 amide bonds. The van der Waals surface area contributed by atoms with Crippen molar-refractivity contribution >= 4 is 5.69 Å². The third-order valence-electron chi connectivity index (χ3n) is 5.02. The van der Waals surface area contributed by atoms with E-state index < -0.39 is 0 Å². The monoisotopic (exact) mass is 288 g/mol. The number of rotatable bonds is 4. The predicted octanol–water partition coefficient (Wildman–Crippen LogP) is 3.57. The fourth-order valence-electron chi connectivity index (χ4n) is 3.89. The Balaban J connectivity index is 1.76. The van der Waals surface area contributed by atoms with Crippen LogP contribution in [-0.2, 0) is 0 Å². The van der Waals surface area contributed by atoms with Crippen molar-refractivity contribution in [3.63, 3.8) is 0 Å². The summed E-state index contributed by atoms with van der Waals surface area (Å²) in [5, 5.41) is 0. The smallest absolute Gasteiger partial charge is 0.142 e. The standard InChI is InChI=1S/C18H28N2O/c19-14-16(13-15-7-2-1-3-8-15)20-11-6-12-21-18-10-5-4-9-17(18)20/h4-5,9-10,15-16H,1-3,6-8,11-14,19H2. The van der Waals surface area contributed by atoms with Gasteiger partial charge in [-0.1, -0.05) is 44.2 Å². The molecule has 1 aliphatic carbocycles. The maximum atomic E-state index is 6.15. The van der Waals surface area contributed by atoms with Crippen LogP contribution in [0.3, 0.4) is 0 Å². The van der Waals surface area contributed by atoms with E-state index in [0.29, 0.717) is 6.04 Å². The lowest BCUT2D eigenvalue weighted by Gasteiger charge is -2.35. The summed E-state index contributed by atoms with van der Waals surface area (Å²) in [5.41, 5.74) is 7.38. The van der Waals surface area contributed by atoms with Gasteiger partial charge in [-0.25, -0.2) is 0 Å². The molecule has 0 radical (unpaired) electrons. The Hall–Kier alpha value is -1.22. The number of hydrogen-bond acceptors (Lipinski definition) is 3. The number of fused-ring (bicyclic) bond motifs is 1. The molecular weight excluding hydrogens is 260 g/mol. The normalized spacial score (nSPS) is 21.3. The molecule has 116 valence electrons. The second kappa shape index (κ2) is 7.17. The second-order valence-electron chi connectivity index (χ2n) is 6.49. The molecule has 1 heterocycles. The molecule has 1 saturated carbocycles. The van der Waals surface area contributed by atoms with E-state index in [1.54, 1.807) is 0 Å². The summed E-state index contributed by atoms with van der Waals surface area (Å²) < 4.78 is 5.88. The maximum Gasteiger partial charge on any atom is 0.142 e. The van der Waals surface area contributed by atoms with E-state index in [2.05, 4.69) is 29.2 Å². The van der Waals surface area contributed by atoms with Crippen molar-refractivity contribution in [2.45, 2.75) is 51.0 Å². The largest absolute Gasteiger partial charge is 0.491 e. The number of nitrogens with two attached hydrogens (primary N) is 1. The molecule has 0 aromatic heterocycles. The topological polar surface area (TPSA) is 38.5 Å². The van der Waals surface area contributed by atoms with Gasteiger partial charge in [-0.3, -0.25) is 0 Å². The molecule has 3 nitrogen and oxygen atoms in total. The summed E-state index contributed by atoms with van der Waals surface area (Å²) in [6, 6.07) is 8.89. The Morgan fingerprint density at radius 2 is 1.95 bits per heavy atom. The molecule has 1 fully saturated rings. The van der Waals surface area contributed by atoms with Crippen molar-refractivity contribution < 1.29 is 4.74 Å². The van der Waals surface area contributed by atoms with E-state index in [1.165, 1.54) is 44.2 Å². The van der Waals surface area contributed by atoms with Gasteiger partial charge in [0.25, 0.3) is 0 Å². The van der Waals surface area contributed by atoms with Crippen LogP contribution in [0.4, 0.5) is 5.69 Å². The molecule has 1 aromatic carbocycles. The van der Waals surface area contributed by atoms with Gasteiger partial charge in [0.15, 0.2) is 0 Å². The lowest BCUT2D eigenvalue weighted by Crippen LogP contribution is -2.42. The van der Waals surface area contributed by atoms with Gasteiger partial charge >= 0.3 is 0 Å². The molecule has 2 N–H and O–H groups in total. The summed E-state index contributed by atoms with van der Waals surface area (Å²) in [6.07, 6.45) is 9.33. The van der Waals surface area contributed by atoms with Gasteiger partial charge in [0, 0.05) is 19.1 Å². The van der Waals surface area contributed by atoms with E-state index in [1.807, 2.05) is 0 Å². The molecular formula is C18H28N2O. The van der Waals surface area contributed by atoms with Crippen LogP contribution in [0.1, 0.15) is 44.9 Å². The van der Waals surface area contributed by atoms with E-state index in [0.717, 1.165) is 37.8 Å². The minimum Gasteiger partial charge on any atom is -0.491 e. The highest BCUT2D eigenvalue weighted by Gasteiger charge is 2.26. The minimum absolute atomic E-state index is 0.455. The van der Waals surface area contributed by atoms with Gasteiger partial charge in [-0.05, 0) is 30.9 Å². The van der Waals surface area contributed by atoms with E-state index in [4.69, 9.17) is 10.5 Å². The van der Waals surface area contributed by atoms with Gasteiger partial charge < -0.3 is 15.4 Å². The van der Waals surface area contributed by atoms with Gasteiger partial charge in [0.2, 0.25) is 0 Å². The maximum absolute atomic E-state index is 6.15. The van der Waals surface area contributed by atoms with Crippen molar-refractivity contribution in [1.82, 2.24) is 0 Å². The van der Waals surface area contributed by atoms with Crippen LogP contribution in [0.2, 0.25) is 0 Å². The van der Waals surface area contributed by atoms with Crippen LogP contribution in [0.15, 0.2) is 24.3 Å². The summed E-state index contributed by atoms with van der Waals surface area (Å²) >= 11 is 0. The Bertz CT molecular complexity index is 443. The Labute approximate surface area is 128 Å². The first kappa shape index (κ1) is 14.7. The van der Waals surface area contributed by atoms with Gasteiger partial charge in [0.05, 0.1) is 12.3 Å². The highest BCUT2D eigenvalue weighted by Crippen LogP contribution is 2.35. The lowest BCUT2D eigenvalue weighted by atomic mass is 9.84. The van der Waals surface area contributed by atoms with Crippen LogP contribution in [0, 0.1) is 5.92 Å². The van der Waals surface area contributed by atoms with E-state index in [-0.39, 0.29) is 0 Å². The third kappa shape index (κ3) is 3.52. The summed E-state index contributed by atoms with van der Waals surface area (Å²) in [6.45, 7) is 2.62. The zero-order valence-electron chi connectivity index (χ0n) is 13.0. The number of ether oxygens (including phenoxy) is 1. The number of nitrogens with zero attached hydrogens (tertiary/aromatic N) is 1. The SMILES string of the molecule is NCC(CC1CCCCC1)N1CCCOc2ccccc21. The summed E-state index contributed by atoms with van der Waals surface area (Å²) in [5.74, 6) is 1.89. The molecule has 3 rings (SSSR count). The van der Waals surface area contributed by atoms with Gasteiger partial charge in [-0.15, -0.1) is 0 Å². The van der Waals surface area contributed by atoms with Gasteiger partial charge in [-0.2, -0.15) is 0 Å². The zero-order chi connectivity index (χ0) is 14.5. The van der Waals surface area contributed by atoms with E-state index >= 15 is 0 Å².